The smallest absolute Gasteiger partial charge is 1.00 e. The molecule has 1 aromatic rings. The zero-order valence-corrected chi connectivity index (χ0v) is 14.6. The predicted octanol–water partition coefficient (Wildman–Crippen LogP) is -2.83. The second-order valence-electron chi connectivity index (χ2n) is 4.30. The molecular formula is C12H18Br2Mg. The molecule has 0 fully saturated rings. The number of rotatable bonds is 1. The molecule has 0 N–H and O–H groups in total. The molecule has 0 amide bonds. The summed E-state index contributed by atoms with van der Waals surface area (Å²) in [6.07, 6.45) is 1.13. The van der Waals surface area contributed by atoms with Crippen molar-refractivity contribution in [3.05, 3.63) is 35.4 Å². The van der Waals surface area contributed by atoms with Crippen LogP contribution in [0.3, 0.4) is 0 Å². The van der Waals surface area contributed by atoms with E-state index < -0.39 is 0 Å². The molecule has 0 aromatic heterocycles. The summed E-state index contributed by atoms with van der Waals surface area (Å²) in [5, 5.41) is 0. The van der Waals surface area contributed by atoms with E-state index in [1.54, 1.807) is 0 Å². The van der Waals surface area contributed by atoms with Gasteiger partial charge in [0.1, 0.15) is 0 Å². The molecule has 0 aliphatic heterocycles. The van der Waals surface area contributed by atoms with Gasteiger partial charge in [0.15, 0.2) is 0 Å². The fraction of sp³-hybridized carbons (Fsp3) is 0.500. The number of aryl methyl sites for hydroxylation is 1. The van der Waals surface area contributed by atoms with Crippen LogP contribution in [0.5, 0.6) is 0 Å². The summed E-state index contributed by atoms with van der Waals surface area (Å²) in [5.41, 5.74) is 3.12. The van der Waals surface area contributed by atoms with Gasteiger partial charge in [-0.3, -0.25) is 0 Å². The standard InChI is InChI=1S/C12H18.2BrH.Mg/c1-5-10-6-8-11(9-7-10)12(2,3)4;;;/h6-9H,5H2,1-4H3;2*1H;/q;;;+2/p-2. The Hall–Kier alpha value is 0.946. The van der Waals surface area contributed by atoms with Gasteiger partial charge < -0.3 is 34.0 Å². The largest absolute Gasteiger partial charge is 2.00 e. The number of hydrogen-bond acceptors (Lipinski definition) is 0. The Labute approximate surface area is 131 Å². The average Bonchev–Trinajstić information content (AvgIpc) is 2.03. The van der Waals surface area contributed by atoms with Gasteiger partial charge in [-0.25, -0.2) is 0 Å². The Balaban J connectivity index is -0.000000480. The number of halogens is 2. The molecule has 0 atom stereocenters. The van der Waals surface area contributed by atoms with Gasteiger partial charge in [0.25, 0.3) is 0 Å². The van der Waals surface area contributed by atoms with Crippen LogP contribution in [-0.4, -0.2) is 23.1 Å². The first-order chi connectivity index (χ1) is 5.54. The van der Waals surface area contributed by atoms with Crippen molar-refractivity contribution in [2.24, 2.45) is 0 Å². The maximum Gasteiger partial charge on any atom is 2.00 e. The SMILES string of the molecule is CCc1ccc(C(C)(C)C)cc1.[Br-].[Br-].[Mg+2]. The van der Waals surface area contributed by atoms with E-state index in [1.807, 2.05) is 0 Å². The van der Waals surface area contributed by atoms with Crippen LogP contribution in [0.15, 0.2) is 24.3 Å². The van der Waals surface area contributed by atoms with Crippen LogP contribution in [0.25, 0.3) is 0 Å². The topological polar surface area (TPSA) is 0 Å². The molecule has 0 saturated carbocycles. The zero-order chi connectivity index (χ0) is 9.19. The van der Waals surface area contributed by atoms with Gasteiger partial charge in [-0.2, -0.15) is 0 Å². The second-order valence-corrected chi connectivity index (χ2v) is 4.30. The van der Waals surface area contributed by atoms with E-state index in [4.69, 9.17) is 0 Å². The Kier molecular flexibility index (Phi) is 12.8. The van der Waals surface area contributed by atoms with E-state index >= 15 is 0 Å². The van der Waals surface area contributed by atoms with Crippen LogP contribution in [0.2, 0.25) is 0 Å². The molecule has 0 nitrogen and oxygen atoms in total. The summed E-state index contributed by atoms with van der Waals surface area (Å²) in [6.45, 7) is 8.92. The van der Waals surface area contributed by atoms with Crippen molar-refractivity contribution in [3.8, 4) is 0 Å². The minimum Gasteiger partial charge on any atom is -1.00 e. The first-order valence-electron chi connectivity index (χ1n) is 4.63. The monoisotopic (exact) mass is 344 g/mol. The van der Waals surface area contributed by atoms with E-state index in [2.05, 4.69) is 52.0 Å². The van der Waals surface area contributed by atoms with Crippen LogP contribution < -0.4 is 34.0 Å². The fourth-order valence-electron chi connectivity index (χ4n) is 1.24. The summed E-state index contributed by atoms with van der Waals surface area (Å²) < 4.78 is 0. The molecule has 1 aromatic carbocycles. The maximum absolute atomic E-state index is 2.24. The molecular weight excluding hydrogens is 328 g/mol. The Morgan fingerprint density at radius 3 is 1.60 bits per heavy atom. The van der Waals surface area contributed by atoms with Crippen molar-refractivity contribution < 1.29 is 34.0 Å². The maximum atomic E-state index is 2.24. The van der Waals surface area contributed by atoms with Gasteiger partial charge in [-0.1, -0.05) is 52.0 Å². The molecule has 0 unspecified atom stereocenters. The van der Waals surface area contributed by atoms with Crippen molar-refractivity contribution in [1.82, 2.24) is 0 Å². The molecule has 0 heterocycles. The van der Waals surface area contributed by atoms with Crippen molar-refractivity contribution in [2.75, 3.05) is 0 Å². The van der Waals surface area contributed by atoms with E-state index in [-0.39, 0.29) is 62.4 Å². The molecule has 82 valence electrons. The van der Waals surface area contributed by atoms with Gasteiger partial charge in [-0.05, 0) is 23.0 Å². The summed E-state index contributed by atoms with van der Waals surface area (Å²) >= 11 is 0. The third-order valence-corrected chi connectivity index (χ3v) is 2.23. The molecule has 3 heteroatoms. The second kappa shape index (κ2) is 9.03. The van der Waals surface area contributed by atoms with Crippen molar-refractivity contribution in [1.29, 1.82) is 0 Å². The van der Waals surface area contributed by atoms with Gasteiger partial charge in [-0.15, -0.1) is 0 Å². The molecule has 0 aliphatic carbocycles. The Bertz CT molecular complexity index is 249. The van der Waals surface area contributed by atoms with Crippen LogP contribution >= 0.6 is 0 Å². The minimum absolute atomic E-state index is 0. The van der Waals surface area contributed by atoms with Crippen LogP contribution in [0.1, 0.15) is 38.8 Å². The first-order valence-corrected chi connectivity index (χ1v) is 4.63. The van der Waals surface area contributed by atoms with Crippen molar-refractivity contribution >= 4 is 23.1 Å². The molecule has 15 heavy (non-hydrogen) atoms. The fourth-order valence-corrected chi connectivity index (χ4v) is 1.24. The molecule has 0 spiro atoms. The average molecular weight is 346 g/mol. The quantitative estimate of drug-likeness (QED) is 0.481. The normalized spacial score (nSPS) is 9.33. The minimum atomic E-state index is 0. The summed E-state index contributed by atoms with van der Waals surface area (Å²) in [4.78, 5) is 0. The molecule has 0 bridgehead atoms. The number of benzene rings is 1. The zero-order valence-electron chi connectivity index (χ0n) is 9.98. The Morgan fingerprint density at radius 2 is 1.33 bits per heavy atom. The van der Waals surface area contributed by atoms with E-state index in [9.17, 15) is 0 Å². The first kappa shape index (κ1) is 21.3. The van der Waals surface area contributed by atoms with Crippen LogP contribution in [0.4, 0.5) is 0 Å². The third kappa shape index (κ3) is 6.98. The van der Waals surface area contributed by atoms with Gasteiger partial charge in [0.2, 0.25) is 0 Å². The third-order valence-electron chi connectivity index (χ3n) is 2.23. The van der Waals surface area contributed by atoms with E-state index in [1.165, 1.54) is 11.1 Å². The summed E-state index contributed by atoms with van der Waals surface area (Å²) in [5.74, 6) is 0. The van der Waals surface area contributed by atoms with Crippen LogP contribution in [-0.2, 0) is 11.8 Å². The summed E-state index contributed by atoms with van der Waals surface area (Å²) in [6, 6.07) is 8.92. The predicted molar refractivity (Wildman–Crippen MR) is 60.3 cm³/mol. The van der Waals surface area contributed by atoms with Gasteiger partial charge in [0, 0.05) is 0 Å². The van der Waals surface area contributed by atoms with Crippen molar-refractivity contribution in [2.45, 2.75) is 39.5 Å². The molecule has 1 rings (SSSR count). The molecule has 0 radical (unpaired) electrons. The van der Waals surface area contributed by atoms with Gasteiger partial charge in [0.05, 0.1) is 0 Å². The van der Waals surface area contributed by atoms with Gasteiger partial charge >= 0.3 is 23.1 Å². The molecule has 0 aliphatic rings. The molecule has 0 saturated heterocycles. The Morgan fingerprint density at radius 1 is 0.933 bits per heavy atom. The van der Waals surface area contributed by atoms with E-state index in [0.717, 1.165) is 6.42 Å². The van der Waals surface area contributed by atoms with Crippen molar-refractivity contribution in [3.63, 3.8) is 0 Å². The van der Waals surface area contributed by atoms with E-state index in [0.29, 0.717) is 0 Å². The van der Waals surface area contributed by atoms with Crippen LogP contribution in [0, 0.1) is 0 Å². The summed E-state index contributed by atoms with van der Waals surface area (Å²) in [7, 11) is 0. The number of hydrogen-bond donors (Lipinski definition) is 0.